The highest BCUT2D eigenvalue weighted by Crippen LogP contribution is 2.39. The maximum atomic E-state index is 12.3. The first kappa shape index (κ1) is 30.7. The summed E-state index contributed by atoms with van der Waals surface area (Å²) < 4.78 is 2.22. The second-order valence-corrected chi connectivity index (χ2v) is 13.9. The van der Waals surface area contributed by atoms with Crippen molar-refractivity contribution in [2.24, 2.45) is 4.99 Å². The molecule has 5 heterocycles. The number of benzene rings is 2. The van der Waals surface area contributed by atoms with Crippen LogP contribution in [0.3, 0.4) is 0 Å². The zero-order chi connectivity index (χ0) is 31.9. The van der Waals surface area contributed by atoms with Crippen LogP contribution >= 0.6 is 22.9 Å². The van der Waals surface area contributed by atoms with Crippen LogP contribution in [0.25, 0.3) is 5.00 Å². The molecule has 0 radical (unpaired) electrons. The number of halogens is 1. The highest BCUT2D eigenvalue weighted by atomic mass is 35.5. The lowest BCUT2D eigenvalue weighted by Crippen LogP contribution is -2.49. The summed E-state index contributed by atoms with van der Waals surface area (Å²) in [7, 11) is 0. The molecule has 0 bridgehead atoms. The monoisotopic (exact) mass is 656 g/mol. The van der Waals surface area contributed by atoms with E-state index in [4.69, 9.17) is 16.6 Å². The first-order valence-electron chi connectivity index (χ1n) is 15.8. The first-order chi connectivity index (χ1) is 22.2. The van der Waals surface area contributed by atoms with Crippen molar-refractivity contribution >= 4 is 46.3 Å². The number of anilines is 1. The molecule has 10 nitrogen and oxygen atoms in total. The van der Waals surface area contributed by atoms with E-state index in [1.54, 1.807) is 16.2 Å². The standard InChI is InChI=1S/C34H37ClN8O2S/c1-21-22(2)46-33-30(21)31(25-7-9-26(35)10-8-25)36-28(32-39-38-23(3)43(32)33)11-13-40-15-17-41(18-16-40)20-24-5-4-6-27(19-24)42-14-12-29(44)37-34(42)45/h4-10,19,28H,11-18,20H2,1-3H3,(H,37,44,45)/t28-/m0/s1. The van der Waals surface area contributed by atoms with E-state index in [-0.39, 0.29) is 18.0 Å². The van der Waals surface area contributed by atoms with Gasteiger partial charge in [0.05, 0.1) is 5.71 Å². The molecule has 3 amide bonds. The van der Waals surface area contributed by atoms with Crippen LogP contribution in [0.1, 0.15) is 57.7 Å². The van der Waals surface area contributed by atoms with Crippen LogP contribution in [0.5, 0.6) is 0 Å². The van der Waals surface area contributed by atoms with E-state index in [1.807, 2.05) is 31.2 Å². The molecule has 238 valence electrons. The van der Waals surface area contributed by atoms with Gasteiger partial charge in [-0.15, -0.1) is 21.5 Å². The lowest BCUT2D eigenvalue weighted by Gasteiger charge is -2.35. The van der Waals surface area contributed by atoms with Crippen molar-refractivity contribution in [3.63, 3.8) is 0 Å². The van der Waals surface area contributed by atoms with Gasteiger partial charge in [-0.25, -0.2) is 4.79 Å². The third-order valence-electron chi connectivity index (χ3n) is 9.22. The van der Waals surface area contributed by atoms with Gasteiger partial charge in [-0.2, -0.15) is 0 Å². The highest BCUT2D eigenvalue weighted by Gasteiger charge is 2.32. The number of fused-ring (bicyclic) bond motifs is 3. The van der Waals surface area contributed by atoms with E-state index in [0.717, 1.165) is 90.4 Å². The molecule has 1 atom stereocenters. The molecule has 0 aliphatic carbocycles. The number of aromatic nitrogens is 3. The van der Waals surface area contributed by atoms with Crippen molar-refractivity contribution in [2.75, 3.05) is 44.2 Å². The Morgan fingerprint density at radius 3 is 2.48 bits per heavy atom. The summed E-state index contributed by atoms with van der Waals surface area (Å²) in [5.41, 5.74) is 6.42. The Kier molecular flexibility index (Phi) is 8.50. The number of carbonyl (C=O) groups is 2. The zero-order valence-corrected chi connectivity index (χ0v) is 27.9. The lowest BCUT2D eigenvalue weighted by molar-refractivity contribution is -0.120. The fourth-order valence-corrected chi connectivity index (χ4v) is 7.90. The third-order valence-corrected chi connectivity index (χ3v) is 10.7. The molecule has 7 rings (SSSR count). The van der Waals surface area contributed by atoms with Gasteiger partial charge in [-0.3, -0.25) is 29.5 Å². The van der Waals surface area contributed by atoms with E-state index < -0.39 is 0 Å². The van der Waals surface area contributed by atoms with Gasteiger partial charge < -0.3 is 4.90 Å². The molecule has 4 aromatic rings. The van der Waals surface area contributed by atoms with Crippen molar-refractivity contribution in [1.29, 1.82) is 0 Å². The van der Waals surface area contributed by atoms with Gasteiger partial charge in [0.1, 0.15) is 16.9 Å². The summed E-state index contributed by atoms with van der Waals surface area (Å²) in [4.78, 5) is 37.2. The molecule has 3 aliphatic rings. The van der Waals surface area contributed by atoms with Crippen LogP contribution in [0.15, 0.2) is 53.5 Å². The molecule has 3 aliphatic heterocycles. The number of aliphatic imine (C=N–C) groups is 1. The molecule has 46 heavy (non-hydrogen) atoms. The number of nitrogens with one attached hydrogen (secondary N) is 1. The maximum absolute atomic E-state index is 12.3. The van der Waals surface area contributed by atoms with Crippen LogP contribution in [-0.4, -0.2) is 81.5 Å². The number of carbonyl (C=O) groups excluding carboxylic acids is 2. The fourth-order valence-electron chi connectivity index (χ4n) is 6.56. The van der Waals surface area contributed by atoms with Gasteiger partial charge in [-0.05, 0) is 62.6 Å². The summed E-state index contributed by atoms with van der Waals surface area (Å²) in [6, 6.07) is 15.6. The molecule has 2 aromatic heterocycles. The molecule has 0 unspecified atom stereocenters. The number of amides is 3. The van der Waals surface area contributed by atoms with Crippen molar-refractivity contribution in [3.05, 3.63) is 92.3 Å². The molecule has 0 saturated carbocycles. The van der Waals surface area contributed by atoms with Gasteiger partial charge >= 0.3 is 6.03 Å². The molecular weight excluding hydrogens is 620 g/mol. The molecule has 1 N–H and O–H groups in total. The zero-order valence-electron chi connectivity index (χ0n) is 26.3. The Hall–Kier alpha value is -3.90. The van der Waals surface area contributed by atoms with Crippen molar-refractivity contribution in [3.8, 4) is 5.00 Å². The Bertz CT molecular complexity index is 1820. The van der Waals surface area contributed by atoms with Gasteiger partial charge in [0.15, 0.2) is 5.82 Å². The number of piperazine rings is 1. The van der Waals surface area contributed by atoms with E-state index in [1.165, 1.54) is 10.4 Å². The molecular formula is C34H37ClN8O2S. The van der Waals surface area contributed by atoms with Gasteiger partial charge in [-0.1, -0.05) is 35.9 Å². The largest absolute Gasteiger partial charge is 0.328 e. The average Bonchev–Trinajstić information content (AvgIpc) is 3.52. The van der Waals surface area contributed by atoms with E-state index in [9.17, 15) is 9.59 Å². The van der Waals surface area contributed by atoms with Crippen molar-refractivity contribution in [2.45, 2.75) is 46.2 Å². The van der Waals surface area contributed by atoms with Gasteiger partial charge in [0, 0.05) is 78.9 Å². The molecule has 12 heteroatoms. The van der Waals surface area contributed by atoms with Crippen LogP contribution in [-0.2, 0) is 11.3 Å². The van der Waals surface area contributed by atoms with E-state index in [2.05, 4.69) is 68.0 Å². The molecule has 2 saturated heterocycles. The normalized spacial score (nSPS) is 19.0. The minimum Gasteiger partial charge on any atom is -0.301 e. The van der Waals surface area contributed by atoms with Crippen LogP contribution in [0.2, 0.25) is 5.02 Å². The number of hydrogen-bond donors (Lipinski definition) is 1. The second-order valence-electron chi connectivity index (χ2n) is 12.2. The summed E-state index contributed by atoms with van der Waals surface area (Å²) in [6.45, 7) is 12.3. The van der Waals surface area contributed by atoms with Crippen LogP contribution in [0.4, 0.5) is 10.5 Å². The minimum atomic E-state index is -0.352. The summed E-state index contributed by atoms with van der Waals surface area (Å²) in [5.74, 6) is 1.55. The Balaban J connectivity index is 1.04. The van der Waals surface area contributed by atoms with Crippen molar-refractivity contribution < 1.29 is 9.59 Å². The first-order valence-corrected chi connectivity index (χ1v) is 17.0. The molecule has 2 aromatic carbocycles. The SMILES string of the molecule is Cc1sc2c(c1C)C(c1ccc(Cl)cc1)=N[C@@H](CCN1CCN(Cc3cccc(N4CCC(=O)NC4=O)c3)CC1)c1nnc(C)n1-2. The Morgan fingerprint density at radius 1 is 0.957 bits per heavy atom. The number of aryl methyl sites for hydroxylation is 2. The number of hydrogen-bond acceptors (Lipinski definition) is 8. The second kappa shape index (κ2) is 12.7. The maximum Gasteiger partial charge on any atom is 0.328 e. The smallest absolute Gasteiger partial charge is 0.301 e. The Labute approximate surface area is 277 Å². The summed E-state index contributed by atoms with van der Waals surface area (Å²) in [5, 5.41) is 13.4. The summed E-state index contributed by atoms with van der Waals surface area (Å²) in [6.07, 6.45) is 1.16. The molecule has 0 spiro atoms. The number of imide groups is 1. The quantitative estimate of drug-likeness (QED) is 0.284. The predicted molar refractivity (Wildman–Crippen MR) is 182 cm³/mol. The third kappa shape index (κ3) is 6.00. The fraction of sp³-hybridized carbons (Fsp3) is 0.382. The van der Waals surface area contributed by atoms with Crippen molar-refractivity contribution in [1.82, 2.24) is 29.9 Å². The predicted octanol–water partition coefficient (Wildman–Crippen LogP) is 5.45. The average molecular weight is 657 g/mol. The van der Waals surface area contributed by atoms with Gasteiger partial charge in [0.2, 0.25) is 5.91 Å². The van der Waals surface area contributed by atoms with E-state index in [0.29, 0.717) is 18.0 Å². The highest BCUT2D eigenvalue weighted by molar-refractivity contribution is 7.15. The lowest BCUT2D eigenvalue weighted by atomic mass is 9.99. The van der Waals surface area contributed by atoms with Gasteiger partial charge in [0.25, 0.3) is 0 Å². The number of rotatable bonds is 7. The van der Waals surface area contributed by atoms with Crippen LogP contribution < -0.4 is 10.2 Å². The molecule has 2 fully saturated rings. The number of thiophene rings is 1. The number of nitrogens with zero attached hydrogens (tertiary/aromatic N) is 7. The Morgan fingerprint density at radius 2 is 1.72 bits per heavy atom. The minimum absolute atomic E-state index is 0.130. The van der Waals surface area contributed by atoms with Crippen LogP contribution in [0, 0.1) is 20.8 Å². The number of urea groups is 1. The topological polar surface area (TPSA) is 99.0 Å². The summed E-state index contributed by atoms with van der Waals surface area (Å²) >= 11 is 8.04. The van der Waals surface area contributed by atoms with E-state index >= 15 is 0 Å².